The third kappa shape index (κ3) is 4.38. The highest BCUT2D eigenvalue weighted by Crippen LogP contribution is 2.30. The first-order valence-electron chi connectivity index (χ1n) is 6.66. The smallest absolute Gasteiger partial charge is 0.416 e. The van der Waals surface area contributed by atoms with Gasteiger partial charge in [-0.1, -0.05) is 0 Å². The Kier molecular flexibility index (Phi) is 4.88. The van der Waals surface area contributed by atoms with E-state index in [1.54, 1.807) is 0 Å². The van der Waals surface area contributed by atoms with E-state index in [2.05, 4.69) is 16.8 Å². The number of benzene rings is 1. The number of ether oxygens (including phenoxy) is 1. The van der Waals surface area contributed by atoms with Crippen LogP contribution in [-0.4, -0.2) is 56.2 Å². The summed E-state index contributed by atoms with van der Waals surface area (Å²) in [5, 5.41) is 0. The van der Waals surface area contributed by atoms with Crippen LogP contribution >= 0.6 is 0 Å². The van der Waals surface area contributed by atoms with Crippen molar-refractivity contribution in [2.45, 2.75) is 6.18 Å². The van der Waals surface area contributed by atoms with Crippen molar-refractivity contribution in [2.24, 2.45) is 0 Å². The van der Waals surface area contributed by atoms with E-state index in [0.717, 1.165) is 44.9 Å². The molecule has 1 fully saturated rings. The van der Waals surface area contributed by atoms with Gasteiger partial charge in [0.05, 0.1) is 5.56 Å². The number of rotatable bonds is 4. The molecule has 1 aliphatic heterocycles. The van der Waals surface area contributed by atoms with Crippen LogP contribution in [0.25, 0.3) is 0 Å². The molecule has 112 valence electrons. The SMILES string of the molecule is CN1CCN(CCOc2ccc(C(F)(F)F)cc2)CC1. The molecule has 1 aromatic rings. The molecule has 0 bridgehead atoms. The molecule has 2 rings (SSSR count). The third-order valence-corrected chi connectivity index (χ3v) is 3.45. The normalized spacial score (nSPS) is 18.2. The van der Waals surface area contributed by atoms with Gasteiger partial charge >= 0.3 is 6.18 Å². The van der Waals surface area contributed by atoms with Gasteiger partial charge < -0.3 is 9.64 Å². The largest absolute Gasteiger partial charge is 0.492 e. The Labute approximate surface area is 116 Å². The summed E-state index contributed by atoms with van der Waals surface area (Å²) in [5.41, 5.74) is -0.649. The summed E-state index contributed by atoms with van der Waals surface area (Å²) in [7, 11) is 2.09. The van der Waals surface area contributed by atoms with Crippen LogP contribution in [0.5, 0.6) is 5.75 Å². The summed E-state index contributed by atoms with van der Waals surface area (Å²) in [5.74, 6) is 0.479. The molecule has 3 nitrogen and oxygen atoms in total. The Balaban J connectivity index is 1.74. The number of nitrogens with zero attached hydrogens (tertiary/aromatic N) is 2. The summed E-state index contributed by atoms with van der Waals surface area (Å²) >= 11 is 0. The van der Waals surface area contributed by atoms with Crippen molar-refractivity contribution in [1.29, 1.82) is 0 Å². The number of piperazine rings is 1. The molecule has 0 aliphatic carbocycles. The second-order valence-electron chi connectivity index (χ2n) is 5.02. The minimum atomic E-state index is -4.29. The number of hydrogen-bond acceptors (Lipinski definition) is 3. The van der Waals surface area contributed by atoms with Crippen molar-refractivity contribution in [3.05, 3.63) is 29.8 Å². The number of likely N-dealkylation sites (N-methyl/N-ethyl adjacent to an activating group) is 1. The molecular weight excluding hydrogens is 269 g/mol. The Bertz CT molecular complexity index is 411. The fraction of sp³-hybridized carbons (Fsp3) is 0.571. The average molecular weight is 288 g/mol. The Morgan fingerprint density at radius 1 is 1.05 bits per heavy atom. The molecule has 0 aromatic heterocycles. The number of hydrogen-bond donors (Lipinski definition) is 0. The summed E-state index contributed by atoms with van der Waals surface area (Å²) in [6.45, 7) is 5.39. The van der Waals surface area contributed by atoms with E-state index < -0.39 is 11.7 Å². The Morgan fingerprint density at radius 2 is 1.65 bits per heavy atom. The first-order chi connectivity index (χ1) is 9.45. The molecule has 1 aliphatic rings. The van der Waals surface area contributed by atoms with Crippen LogP contribution in [-0.2, 0) is 6.18 Å². The summed E-state index contributed by atoms with van der Waals surface area (Å²) in [6, 6.07) is 4.83. The standard InChI is InChI=1S/C14H19F3N2O/c1-18-6-8-19(9-7-18)10-11-20-13-4-2-12(3-5-13)14(15,16)17/h2-5H,6-11H2,1H3. The zero-order valence-electron chi connectivity index (χ0n) is 11.5. The number of halogens is 3. The van der Waals surface area contributed by atoms with Crippen LogP contribution in [0.1, 0.15) is 5.56 Å². The van der Waals surface area contributed by atoms with Gasteiger partial charge in [-0.2, -0.15) is 13.2 Å². The van der Waals surface area contributed by atoms with Gasteiger partial charge in [0.25, 0.3) is 0 Å². The van der Waals surface area contributed by atoms with Crippen molar-refractivity contribution < 1.29 is 17.9 Å². The van der Waals surface area contributed by atoms with Crippen molar-refractivity contribution >= 4 is 0 Å². The third-order valence-electron chi connectivity index (χ3n) is 3.45. The van der Waals surface area contributed by atoms with Crippen LogP contribution in [0.3, 0.4) is 0 Å². The molecule has 0 radical (unpaired) electrons. The van der Waals surface area contributed by atoms with Crippen molar-refractivity contribution in [1.82, 2.24) is 9.80 Å². The van der Waals surface area contributed by atoms with E-state index in [-0.39, 0.29) is 0 Å². The van der Waals surface area contributed by atoms with E-state index >= 15 is 0 Å². The molecule has 0 amide bonds. The van der Waals surface area contributed by atoms with Gasteiger partial charge in [-0.15, -0.1) is 0 Å². The summed E-state index contributed by atoms with van der Waals surface area (Å²) in [4.78, 5) is 4.57. The number of alkyl halides is 3. The molecule has 0 unspecified atom stereocenters. The Morgan fingerprint density at radius 3 is 2.20 bits per heavy atom. The molecule has 1 aromatic carbocycles. The van der Waals surface area contributed by atoms with Crippen LogP contribution in [0.15, 0.2) is 24.3 Å². The molecule has 1 heterocycles. The second kappa shape index (κ2) is 6.45. The molecule has 6 heteroatoms. The van der Waals surface area contributed by atoms with E-state index in [4.69, 9.17) is 4.74 Å². The molecule has 0 N–H and O–H groups in total. The summed E-state index contributed by atoms with van der Waals surface area (Å²) < 4.78 is 42.7. The lowest BCUT2D eigenvalue weighted by Gasteiger charge is -2.32. The average Bonchev–Trinajstić information content (AvgIpc) is 2.41. The van der Waals surface area contributed by atoms with E-state index in [1.807, 2.05) is 0 Å². The molecule has 0 saturated carbocycles. The minimum Gasteiger partial charge on any atom is -0.492 e. The first-order valence-corrected chi connectivity index (χ1v) is 6.66. The second-order valence-corrected chi connectivity index (χ2v) is 5.02. The van der Waals surface area contributed by atoms with Gasteiger partial charge in [-0.3, -0.25) is 4.90 Å². The van der Waals surface area contributed by atoms with E-state index in [0.29, 0.717) is 12.4 Å². The molecular formula is C14H19F3N2O. The highest BCUT2D eigenvalue weighted by Gasteiger charge is 2.30. The van der Waals surface area contributed by atoms with Gasteiger partial charge in [-0.25, -0.2) is 0 Å². The van der Waals surface area contributed by atoms with Gasteiger partial charge in [0.15, 0.2) is 0 Å². The lowest BCUT2D eigenvalue weighted by Crippen LogP contribution is -2.45. The highest BCUT2D eigenvalue weighted by molar-refractivity contribution is 5.28. The first kappa shape index (κ1) is 15.1. The zero-order valence-corrected chi connectivity index (χ0v) is 11.5. The molecule has 20 heavy (non-hydrogen) atoms. The fourth-order valence-corrected chi connectivity index (χ4v) is 2.10. The van der Waals surface area contributed by atoms with Gasteiger partial charge in [0.1, 0.15) is 12.4 Å². The van der Waals surface area contributed by atoms with Crippen LogP contribution in [0, 0.1) is 0 Å². The lowest BCUT2D eigenvalue weighted by atomic mass is 10.2. The van der Waals surface area contributed by atoms with E-state index in [9.17, 15) is 13.2 Å². The maximum absolute atomic E-state index is 12.4. The van der Waals surface area contributed by atoms with E-state index in [1.165, 1.54) is 12.1 Å². The maximum atomic E-state index is 12.4. The summed E-state index contributed by atoms with van der Waals surface area (Å²) in [6.07, 6.45) is -4.29. The fourth-order valence-electron chi connectivity index (χ4n) is 2.10. The predicted molar refractivity (Wildman–Crippen MR) is 70.9 cm³/mol. The Hall–Kier alpha value is -1.27. The van der Waals surface area contributed by atoms with Crippen LogP contribution in [0.4, 0.5) is 13.2 Å². The monoisotopic (exact) mass is 288 g/mol. The minimum absolute atomic E-state index is 0.479. The topological polar surface area (TPSA) is 15.7 Å². The van der Waals surface area contributed by atoms with Crippen LogP contribution in [0.2, 0.25) is 0 Å². The van der Waals surface area contributed by atoms with Crippen molar-refractivity contribution in [3.8, 4) is 5.75 Å². The van der Waals surface area contributed by atoms with Crippen LogP contribution < -0.4 is 4.74 Å². The highest BCUT2D eigenvalue weighted by atomic mass is 19.4. The molecule has 0 spiro atoms. The van der Waals surface area contributed by atoms with Crippen molar-refractivity contribution in [2.75, 3.05) is 46.4 Å². The lowest BCUT2D eigenvalue weighted by molar-refractivity contribution is -0.137. The predicted octanol–water partition coefficient (Wildman–Crippen LogP) is 2.33. The quantitative estimate of drug-likeness (QED) is 0.846. The molecule has 0 atom stereocenters. The van der Waals surface area contributed by atoms with Gasteiger partial charge in [-0.05, 0) is 31.3 Å². The van der Waals surface area contributed by atoms with Gasteiger partial charge in [0.2, 0.25) is 0 Å². The molecule has 1 saturated heterocycles. The maximum Gasteiger partial charge on any atom is 0.416 e. The zero-order chi connectivity index (χ0) is 14.6. The van der Waals surface area contributed by atoms with Gasteiger partial charge in [0, 0.05) is 32.7 Å². The van der Waals surface area contributed by atoms with Crippen molar-refractivity contribution in [3.63, 3.8) is 0 Å².